The van der Waals surface area contributed by atoms with E-state index in [0.29, 0.717) is 6.54 Å². The van der Waals surface area contributed by atoms with Crippen molar-refractivity contribution in [2.24, 2.45) is 0 Å². The standard InChI is InChI=1S/C12H16N2O3/c15-10-2-1-9(11(7-10)12(16)17)8-14-5-3-13-4-6-14/h1-2,7,13,15H,3-6,8H2,(H,16,17). The summed E-state index contributed by atoms with van der Waals surface area (Å²) in [6.45, 7) is 4.31. The van der Waals surface area contributed by atoms with Crippen molar-refractivity contribution in [3.8, 4) is 5.75 Å². The van der Waals surface area contributed by atoms with E-state index in [1.807, 2.05) is 0 Å². The van der Waals surface area contributed by atoms with Crippen LogP contribution in [-0.2, 0) is 6.54 Å². The molecule has 2 rings (SSSR count). The Kier molecular flexibility index (Phi) is 3.61. The quantitative estimate of drug-likeness (QED) is 0.712. The lowest BCUT2D eigenvalue weighted by molar-refractivity contribution is 0.0693. The number of nitrogens with zero attached hydrogens (tertiary/aromatic N) is 1. The zero-order chi connectivity index (χ0) is 12.3. The van der Waals surface area contributed by atoms with Crippen LogP contribution >= 0.6 is 0 Å². The van der Waals surface area contributed by atoms with E-state index in [1.165, 1.54) is 12.1 Å². The maximum atomic E-state index is 11.1. The fourth-order valence-corrected chi connectivity index (χ4v) is 2.01. The number of nitrogens with one attached hydrogen (secondary N) is 1. The van der Waals surface area contributed by atoms with Crippen molar-refractivity contribution in [3.63, 3.8) is 0 Å². The highest BCUT2D eigenvalue weighted by molar-refractivity contribution is 5.89. The summed E-state index contributed by atoms with van der Waals surface area (Å²) >= 11 is 0. The predicted octanol–water partition coefficient (Wildman–Crippen LogP) is 0.496. The zero-order valence-corrected chi connectivity index (χ0v) is 9.52. The molecule has 0 unspecified atom stereocenters. The number of aromatic hydroxyl groups is 1. The first kappa shape index (κ1) is 11.9. The molecule has 1 aliphatic heterocycles. The van der Waals surface area contributed by atoms with Crippen LogP contribution in [-0.4, -0.2) is 47.3 Å². The van der Waals surface area contributed by atoms with Gasteiger partial charge in [-0.05, 0) is 17.7 Å². The molecule has 0 aliphatic carbocycles. The largest absolute Gasteiger partial charge is 0.508 e. The normalized spacial score (nSPS) is 16.9. The number of phenols is 1. The third-order valence-corrected chi connectivity index (χ3v) is 2.93. The van der Waals surface area contributed by atoms with Crippen molar-refractivity contribution < 1.29 is 15.0 Å². The van der Waals surface area contributed by atoms with Gasteiger partial charge >= 0.3 is 5.97 Å². The van der Waals surface area contributed by atoms with E-state index in [2.05, 4.69) is 10.2 Å². The molecule has 1 heterocycles. The molecule has 5 heteroatoms. The van der Waals surface area contributed by atoms with Crippen molar-refractivity contribution in [1.82, 2.24) is 10.2 Å². The third kappa shape index (κ3) is 2.95. The second-order valence-electron chi connectivity index (χ2n) is 4.17. The average Bonchev–Trinajstić information content (AvgIpc) is 2.32. The van der Waals surface area contributed by atoms with Crippen LogP contribution in [0.15, 0.2) is 18.2 Å². The minimum absolute atomic E-state index is 0.00791. The number of carboxylic acid groups (broad SMARTS) is 1. The van der Waals surface area contributed by atoms with Crippen LogP contribution in [0, 0.1) is 0 Å². The second kappa shape index (κ2) is 5.16. The first-order valence-electron chi connectivity index (χ1n) is 5.65. The molecular formula is C12H16N2O3. The number of hydrogen-bond acceptors (Lipinski definition) is 4. The fourth-order valence-electron chi connectivity index (χ4n) is 2.01. The van der Waals surface area contributed by atoms with Crippen LogP contribution in [0.4, 0.5) is 0 Å². The number of carboxylic acids is 1. The van der Waals surface area contributed by atoms with Crippen LogP contribution in [0.1, 0.15) is 15.9 Å². The van der Waals surface area contributed by atoms with E-state index >= 15 is 0 Å². The maximum Gasteiger partial charge on any atom is 0.336 e. The molecule has 17 heavy (non-hydrogen) atoms. The SMILES string of the molecule is O=C(O)c1cc(O)ccc1CN1CCNCC1. The van der Waals surface area contributed by atoms with Gasteiger partial charge in [-0.2, -0.15) is 0 Å². The summed E-state index contributed by atoms with van der Waals surface area (Å²) in [7, 11) is 0. The first-order chi connectivity index (χ1) is 8.16. The number of aromatic carboxylic acids is 1. The Balaban J connectivity index is 2.16. The van der Waals surface area contributed by atoms with Crippen LogP contribution in [0.3, 0.4) is 0 Å². The highest BCUT2D eigenvalue weighted by atomic mass is 16.4. The lowest BCUT2D eigenvalue weighted by atomic mass is 10.1. The van der Waals surface area contributed by atoms with Gasteiger partial charge in [-0.15, -0.1) is 0 Å². The third-order valence-electron chi connectivity index (χ3n) is 2.93. The van der Waals surface area contributed by atoms with Gasteiger partial charge in [0.15, 0.2) is 0 Å². The van der Waals surface area contributed by atoms with E-state index in [9.17, 15) is 9.90 Å². The molecular weight excluding hydrogens is 220 g/mol. The summed E-state index contributed by atoms with van der Waals surface area (Å²) < 4.78 is 0. The Morgan fingerprint density at radius 3 is 2.71 bits per heavy atom. The Labute approximate surface area is 99.7 Å². The Bertz CT molecular complexity index is 414. The first-order valence-corrected chi connectivity index (χ1v) is 5.65. The summed E-state index contributed by atoms with van der Waals surface area (Å²) in [5.74, 6) is -1.00. The zero-order valence-electron chi connectivity index (χ0n) is 9.52. The lowest BCUT2D eigenvalue weighted by Crippen LogP contribution is -2.43. The molecule has 1 saturated heterocycles. The van der Waals surface area contributed by atoms with Gasteiger partial charge in [0.2, 0.25) is 0 Å². The lowest BCUT2D eigenvalue weighted by Gasteiger charge is -2.27. The summed E-state index contributed by atoms with van der Waals surface area (Å²) in [6, 6.07) is 4.52. The van der Waals surface area contributed by atoms with E-state index in [1.54, 1.807) is 6.07 Å². The van der Waals surface area contributed by atoms with Crippen LogP contribution in [0.2, 0.25) is 0 Å². The van der Waals surface area contributed by atoms with Gasteiger partial charge in [-0.1, -0.05) is 6.07 Å². The number of carbonyl (C=O) groups is 1. The van der Waals surface area contributed by atoms with Crippen molar-refractivity contribution >= 4 is 5.97 Å². The van der Waals surface area contributed by atoms with Gasteiger partial charge in [0.05, 0.1) is 5.56 Å². The Morgan fingerprint density at radius 2 is 2.06 bits per heavy atom. The molecule has 1 aliphatic rings. The minimum Gasteiger partial charge on any atom is -0.508 e. The summed E-state index contributed by atoms with van der Waals surface area (Å²) in [6.07, 6.45) is 0. The molecule has 1 aromatic carbocycles. The van der Waals surface area contributed by atoms with E-state index in [-0.39, 0.29) is 11.3 Å². The topological polar surface area (TPSA) is 72.8 Å². The summed E-state index contributed by atoms with van der Waals surface area (Å²) in [4.78, 5) is 13.3. The Morgan fingerprint density at radius 1 is 1.35 bits per heavy atom. The number of phenolic OH excluding ortho intramolecular Hbond substituents is 1. The van der Waals surface area contributed by atoms with Gasteiger partial charge in [-0.25, -0.2) is 4.79 Å². The minimum atomic E-state index is -0.994. The fraction of sp³-hybridized carbons (Fsp3) is 0.417. The highest BCUT2D eigenvalue weighted by Crippen LogP contribution is 2.18. The molecule has 0 atom stereocenters. The molecule has 0 radical (unpaired) electrons. The monoisotopic (exact) mass is 236 g/mol. The van der Waals surface area contributed by atoms with Crippen molar-refractivity contribution in [1.29, 1.82) is 0 Å². The summed E-state index contributed by atoms with van der Waals surface area (Å²) in [5.41, 5.74) is 0.931. The Hall–Kier alpha value is -1.59. The molecule has 0 amide bonds. The smallest absolute Gasteiger partial charge is 0.336 e. The molecule has 92 valence electrons. The summed E-state index contributed by atoms with van der Waals surface area (Å²) in [5, 5.41) is 21.6. The van der Waals surface area contributed by atoms with E-state index < -0.39 is 5.97 Å². The van der Waals surface area contributed by atoms with E-state index in [0.717, 1.165) is 31.7 Å². The van der Waals surface area contributed by atoms with Gasteiger partial charge in [0, 0.05) is 32.7 Å². The highest BCUT2D eigenvalue weighted by Gasteiger charge is 2.15. The van der Waals surface area contributed by atoms with Gasteiger partial charge in [0.25, 0.3) is 0 Å². The molecule has 0 spiro atoms. The molecule has 1 fully saturated rings. The predicted molar refractivity (Wildman–Crippen MR) is 63.2 cm³/mol. The molecule has 0 aromatic heterocycles. The average molecular weight is 236 g/mol. The molecule has 0 saturated carbocycles. The van der Waals surface area contributed by atoms with Crippen molar-refractivity contribution in [3.05, 3.63) is 29.3 Å². The number of piperazine rings is 1. The van der Waals surface area contributed by atoms with Crippen LogP contribution in [0.25, 0.3) is 0 Å². The molecule has 3 N–H and O–H groups in total. The number of benzene rings is 1. The van der Waals surface area contributed by atoms with Gasteiger partial charge < -0.3 is 15.5 Å². The van der Waals surface area contributed by atoms with Crippen LogP contribution in [0.5, 0.6) is 5.75 Å². The van der Waals surface area contributed by atoms with Crippen molar-refractivity contribution in [2.75, 3.05) is 26.2 Å². The molecule has 1 aromatic rings. The van der Waals surface area contributed by atoms with E-state index in [4.69, 9.17) is 5.11 Å². The maximum absolute atomic E-state index is 11.1. The van der Waals surface area contributed by atoms with Crippen LogP contribution < -0.4 is 5.32 Å². The second-order valence-corrected chi connectivity index (χ2v) is 4.17. The molecule has 5 nitrogen and oxygen atoms in total. The number of rotatable bonds is 3. The van der Waals surface area contributed by atoms with Gasteiger partial charge in [-0.3, -0.25) is 4.90 Å². The van der Waals surface area contributed by atoms with Gasteiger partial charge in [0.1, 0.15) is 5.75 Å². The molecule has 0 bridgehead atoms. The number of hydrogen-bond donors (Lipinski definition) is 3. The van der Waals surface area contributed by atoms with Crippen molar-refractivity contribution in [2.45, 2.75) is 6.54 Å².